The standard InChI is InChI=1S/C22H32N4O3/c1-24(16-18-6-8-19(9-7-18)25-12-14-29-15-13-25)17-26-20(27)22(23-21(26)28)10-4-2-3-5-11-22/h6-9H,2-5,10-17H2,1H3,(H,23,28). The average Bonchev–Trinajstić information content (AvgIpc) is 2.89. The maximum atomic E-state index is 13.1. The summed E-state index contributed by atoms with van der Waals surface area (Å²) in [6, 6.07) is 8.29. The van der Waals surface area contributed by atoms with Crippen LogP contribution in [0.2, 0.25) is 0 Å². The quantitative estimate of drug-likeness (QED) is 0.770. The van der Waals surface area contributed by atoms with Crippen LogP contribution in [0.25, 0.3) is 0 Å². The van der Waals surface area contributed by atoms with Crippen LogP contribution in [0.4, 0.5) is 10.5 Å². The van der Waals surface area contributed by atoms with Crippen molar-refractivity contribution in [2.45, 2.75) is 50.6 Å². The number of anilines is 1. The lowest BCUT2D eigenvalue weighted by molar-refractivity contribution is -0.133. The number of urea groups is 1. The van der Waals surface area contributed by atoms with E-state index in [1.165, 1.54) is 16.2 Å². The zero-order valence-electron chi connectivity index (χ0n) is 17.4. The fourth-order valence-electron chi connectivity index (χ4n) is 4.71. The molecule has 3 fully saturated rings. The Balaban J connectivity index is 1.35. The number of imide groups is 1. The summed E-state index contributed by atoms with van der Waals surface area (Å²) in [5, 5.41) is 3.02. The Morgan fingerprint density at radius 2 is 1.69 bits per heavy atom. The number of amides is 3. The zero-order chi connectivity index (χ0) is 20.3. The fourth-order valence-corrected chi connectivity index (χ4v) is 4.71. The number of nitrogens with one attached hydrogen (secondary N) is 1. The number of carbonyl (C=O) groups is 2. The van der Waals surface area contributed by atoms with Crippen LogP contribution in [-0.4, -0.2) is 67.3 Å². The molecule has 0 aromatic heterocycles. The van der Waals surface area contributed by atoms with Gasteiger partial charge in [0.25, 0.3) is 5.91 Å². The second-order valence-electron chi connectivity index (χ2n) is 8.58. The molecule has 3 aliphatic rings. The number of hydrogen-bond acceptors (Lipinski definition) is 5. The summed E-state index contributed by atoms with van der Waals surface area (Å²) in [5.74, 6) is -0.0427. The van der Waals surface area contributed by atoms with Gasteiger partial charge in [-0.2, -0.15) is 0 Å². The van der Waals surface area contributed by atoms with E-state index < -0.39 is 5.54 Å². The molecule has 0 radical (unpaired) electrons. The van der Waals surface area contributed by atoms with Crippen LogP contribution in [0.3, 0.4) is 0 Å². The van der Waals surface area contributed by atoms with E-state index in [-0.39, 0.29) is 11.9 Å². The van der Waals surface area contributed by atoms with Crippen LogP contribution < -0.4 is 10.2 Å². The molecule has 1 spiro atoms. The SMILES string of the molecule is CN(Cc1ccc(N2CCOCC2)cc1)CN1C(=O)NC2(CCCCCC2)C1=O. The van der Waals surface area contributed by atoms with Crippen LogP contribution in [-0.2, 0) is 16.1 Å². The van der Waals surface area contributed by atoms with Gasteiger partial charge in [0.2, 0.25) is 0 Å². The molecule has 2 heterocycles. The molecule has 7 nitrogen and oxygen atoms in total. The van der Waals surface area contributed by atoms with E-state index in [0.29, 0.717) is 13.2 Å². The molecule has 29 heavy (non-hydrogen) atoms. The predicted octanol–water partition coefficient (Wildman–Crippen LogP) is 2.56. The van der Waals surface area contributed by atoms with Crippen molar-refractivity contribution >= 4 is 17.6 Å². The van der Waals surface area contributed by atoms with Crippen LogP contribution in [0.1, 0.15) is 44.1 Å². The van der Waals surface area contributed by atoms with Crippen molar-refractivity contribution in [2.75, 3.05) is 44.9 Å². The Morgan fingerprint density at radius 1 is 1.03 bits per heavy atom. The van der Waals surface area contributed by atoms with Gasteiger partial charge in [-0.15, -0.1) is 0 Å². The highest BCUT2D eigenvalue weighted by Gasteiger charge is 2.50. The smallest absolute Gasteiger partial charge is 0.326 e. The number of rotatable bonds is 5. The fraction of sp³-hybridized carbons (Fsp3) is 0.636. The van der Waals surface area contributed by atoms with E-state index >= 15 is 0 Å². The molecule has 1 aromatic rings. The lowest BCUT2D eigenvalue weighted by atomic mass is 9.90. The second kappa shape index (κ2) is 8.71. The topological polar surface area (TPSA) is 65.1 Å². The monoisotopic (exact) mass is 400 g/mol. The lowest BCUT2D eigenvalue weighted by Gasteiger charge is -2.29. The summed E-state index contributed by atoms with van der Waals surface area (Å²) in [7, 11) is 1.95. The lowest BCUT2D eigenvalue weighted by Crippen LogP contribution is -2.47. The van der Waals surface area contributed by atoms with Crippen molar-refractivity contribution in [2.24, 2.45) is 0 Å². The normalized spacial score (nSPS) is 22.3. The first-order valence-electron chi connectivity index (χ1n) is 10.8. The highest BCUT2D eigenvalue weighted by molar-refractivity contribution is 6.07. The maximum absolute atomic E-state index is 13.1. The number of benzene rings is 1. The number of ether oxygens (including phenoxy) is 1. The van der Waals surface area contributed by atoms with E-state index in [1.54, 1.807) is 0 Å². The van der Waals surface area contributed by atoms with Crippen LogP contribution in [0.5, 0.6) is 0 Å². The molecule has 0 atom stereocenters. The minimum atomic E-state index is -0.659. The van der Waals surface area contributed by atoms with E-state index in [2.05, 4.69) is 34.5 Å². The van der Waals surface area contributed by atoms with Gasteiger partial charge in [-0.25, -0.2) is 9.69 Å². The Labute approximate surface area is 173 Å². The van der Waals surface area contributed by atoms with Gasteiger partial charge >= 0.3 is 6.03 Å². The first kappa shape index (κ1) is 20.2. The van der Waals surface area contributed by atoms with Crippen LogP contribution in [0, 0.1) is 0 Å². The van der Waals surface area contributed by atoms with Gasteiger partial charge in [0.15, 0.2) is 0 Å². The van der Waals surface area contributed by atoms with Gasteiger partial charge in [0.05, 0.1) is 19.9 Å². The van der Waals surface area contributed by atoms with Gasteiger partial charge in [0, 0.05) is 25.3 Å². The van der Waals surface area contributed by atoms with Crippen LogP contribution >= 0.6 is 0 Å². The first-order valence-corrected chi connectivity index (χ1v) is 10.8. The van der Waals surface area contributed by atoms with Crippen molar-refractivity contribution < 1.29 is 14.3 Å². The van der Waals surface area contributed by atoms with Gasteiger partial charge in [-0.1, -0.05) is 37.8 Å². The van der Waals surface area contributed by atoms with Crippen molar-refractivity contribution in [3.8, 4) is 0 Å². The largest absolute Gasteiger partial charge is 0.378 e. The number of morpholine rings is 1. The molecule has 2 aliphatic heterocycles. The highest BCUT2D eigenvalue weighted by Crippen LogP contribution is 2.32. The van der Waals surface area contributed by atoms with Gasteiger partial charge in [-0.3, -0.25) is 9.69 Å². The average molecular weight is 401 g/mol. The molecule has 1 N–H and O–H groups in total. The third kappa shape index (κ3) is 4.41. The minimum Gasteiger partial charge on any atom is -0.378 e. The Kier molecular flexibility index (Phi) is 6.06. The molecular formula is C22H32N4O3. The van der Waals surface area contributed by atoms with Gasteiger partial charge in [0.1, 0.15) is 5.54 Å². The van der Waals surface area contributed by atoms with Crippen molar-refractivity contribution in [3.05, 3.63) is 29.8 Å². The summed E-state index contributed by atoms with van der Waals surface area (Å²) in [4.78, 5) is 31.3. The van der Waals surface area contributed by atoms with E-state index in [1.807, 2.05) is 11.9 Å². The van der Waals surface area contributed by atoms with Crippen LogP contribution in [0.15, 0.2) is 24.3 Å². The second-order valence-corrected chi connectivity index (χ2v) is 8.58. The molecule has 0 unspecified atom stereocenters. The van der Waals surface area contributed by atoms with E-state index in [0.717, 1.165) is 64.8 Å². The third-order valence-electron chi connectivity index (χ3n) is 6.35. The minimum absolute atomic E-state index is 0.0427. The molecule has 3 amide bonds. The molecular weight excluding hydrogens is 368 g/mol. The summed E-state index contributed by atoms with van der Waals surface area (Å²) < 4.78 is 5.41. The zero-order valence-corrected chi connectivity index (χ0v) is 17.4. The molecule has 7 heteroatoms. The molecule has 158 valence electrons. The Bertz CT molecular complexity index is 722. The Morgan fingerprint density at radius 3 is 2.34 bits per heavy atom. The summed E-state index contributed by atoms with van der Waals surface area (Å²) in [6.07, 6.45) is 5.83. The Hall–Kier alpha value is -2.12. The molecule has 2 saturated heterocycles. The molecule has 4 rings (SSSR count). The van der Waals surface area contributed by atoms with E-state index in [9.17, 15) is 9.59 Å². The van der Waals surface area contributed by atoms with Crippen molar-refractivity contribution in [3.63, 3.8) is 0 Å². The molecule has 1 saturated carbocycles. The highest BCUT2D eigenvalue weighted by atomic mass is 16.5. The number of carbonyl (C=O) groups excluding carboxylic acids is 2. The number of nitrogens with zero attached hydrogens (tertiary/aromatic N) is 3. The van der Waals surface area contributed by atoms with E-state index in [4.69, 9.17) is 4.74 Å². The summed E-state index contributed by atoms with van der Waals surface area (Å²) in [5.41, 5.74) is 1.72. The maximum Gasteiger partial charge on any atom is 0.326 e. The van der Waals surface area contributed by atoms with Gasteiger partial charge < -0.3 is 15.0 Å². The number of hydrogen-bond donors (Lipinski definition) is 1. The summed E-state index contributed by atoms with van der Waals surface area (Å²) >= 11 is 0. The van der Waals surface area contributed by atoms with Crippen molar-refractivity contribution in [1.29, 1.82) is 0 Å². The molecule has 1 aromatic carbocycles. The predicted molar refractivity (Wildman–Crippen MR) is 112 cm³/mol. The van der Waals surface area contributed by atoms with Gasteiger partial charge in [-0.05, 0) is 37.6 Å². The summed E-state index contributed by atoms with van der Waals surface area (Å²) in [6.45, 7) is 4.40. The molecule has 1 aliphatic carbocycles. The van der Waals surface area contributed by atoms with Crippen molar-refractivity contribution in [1.82, 2.24) is 15.1 Å². The first-order chi connectivity index (χ1) is 14.1. The molecule has 0 bridgehead atoms. The third-order valence-corrected chi connectivity index (χ3v) is 6.35.